The molecule has 0 spiro atoms. The van der Waals surface area contributed by atoms with Crippen molar-refractivity contribution in [3.05, 3.63) is 58.1 Å². The third kappa shape index (κ3) is 8.41. The van der Waals surface area contributed by atoms with Crippen molar-refractivity contribution in [3.63, 3.8) is 0 Å². The monoisotopic (exact) mass is 480 g/mol. The Balaban J connectivity index is 0.00000210. The van der Waals surface area contributed by atoms with Crippen LogP contribution in [0.3, 0.4) is 0 Å². The second-order valence-electron chi connectivity index (χ2n) is 6.76. The number of likely N-dealkylation sites (tertiary alicyclic amines) is 1. The molecule has 1 heterocycles. The van der Waals surface area contributed by atoms with Crippen LogP contribution in [0.1, 0.15) is 18.4 Å². The maximum absolute atomic E-state index is 6.05. The number of hydrogen-bond donors (Lipinski definition) is 1. The van der Waals surface area contributed by atoms with Crippen molar-refractivity contribution in [1.29, 1.82) is 0 Å². The van der Waals surface area contributed by atoms with E-state index in [1.54, 1.807) is 19.2 Å². The van der Waals surface area contributed by atoms with Gasteiger partial charge in [-0.1, -0.05) is 35.3 Å². The average molecular weight is 482 g/mol. The minimum absolute atomic E-state index is 0. The Morgan fingerprint density at radius 2 is 1.76 bits per heavy atom. The first-order valence-corrected chi connectivity index (χ1v) is 10.1. The van der Waals surface area contributed by atoms with Gasteiger partial charge >= 0.3 is 0 Å². The Morgan fingerprint density at radius 1 is 1.00 bits per heavy atom. The van der Waals surface area contributed by atoms with Gasteiger partial charge in [-0.15, -0.1) is 24.8 Å². The van der Waals surface area contributed by atoms with Crippen LogP contribution in [0.15, 0.2) is 42.5 Å². The van der Waals surface area contributed by atoms with E-state index in [9.17, 15) is 0 Å². The Kier molecular flexibility index (Phi) is 12.1. The molecule has 2 aromatic rings. The molecule has 162 valence electrons. The summed E-state index contributed by atoms with van der Waals surface area (Å²) in [6.45, 7) is 4.97. The minimum atomic E-state index is 0. The smallest absolute Gasteiger partial charge is 0.121 e. The van der Waals surface area contributed by atoms with Gasteiger partial charge in [0.2, 0.25) is 0 Å². The lowest BCUT2D eigenvalue weighted by Crippen LogP contribution is -2.41. The van der Waals surface area contributed by atoms with E-state index in [-0.39, 0.29) is 30.9 Å². The highest BCUT2D eigenvalue weighted by molar-refractivity contribution is 6.42. The molecule has 0 aliphatic carbocycles. The van der Waals surface area contributed by atoms with Crippen LogP contribution in [0.5, 0.6) is 11.5 Å². The van der Waals surface area contributed by atoms with Gasteiger partial charge in [0.05, 0.1) is 17.2 Å². The van der Waals surface area contributed by atoms with Gasteiger partial charge in [0.1, 0.15) is 17.6 Å². The fourth-order valence-corrected chi connectivity index (χ4v) is 3.53. The molecule has 2 aromatic carbocycles. The zero-order valence-corrected chi connectivity index (χ0v) is 19.5. The van der Waals surface area contributed by atoms with Gasteiger partial charge in [-0.25, -0.2) is 0 Å². The molecule has 1 aliphatic rings. The Labute approximate surface area is 195 Å². The van der Waals surface area contributed by atoms with Crippen LogP contribution in [-0.2, 0) is 6.54 Å². The molecule has 29 heavy (non-hydrogen) atoms. The molecule has 4 nitrogen and oxygen atoms in total. The molecule has 0 atom stereocenters. The van der Waals surface area contributed by atoms with E-state index in [1.165, 1.54) is 5.56 Å². The van der Waals surface area contributed by atoms with Gasteiger partial charge in [0.15, 0.2) is 0 Å². The zero-order chi connectivity index (χ0) is 19.1. The van der Waals surface area contributed by atoms with E-state index in [4.69, 9.17) is 32.7 Å². The molecule has 0 saturated carbocycles. The summed E-state index contributed by atoms with van der Waals surface area (Å²) in [6.07, 6.45) is 2.29. The standard InChI is InChI=1S/C21H26Cl2N2O2.2ClH/c1-26-18-4-2-3-16(13-18)15-24-9-12-25-10-7-17(8-11-25)27-19-5-6-20(22)21(23)14-19;;/h2-6,13-14,17,24H,7-12,15H2,1H3;2*1H. The molecule has 0 unspecified atom stereocenters. The Hall–Kier alpha value is -0.880. The number of halogens is 4. The number of nitrogens with zero attached hydrogens (tertiary/aromatic N) is 1. The van der Waals surface area contributed by atoms with Crippen molar-refractivity contribution in [2.45, 2.75) is 25.5 Å². The maximum Gasteiger partial charge on any atom is 0.121 e. The average Bonchev–Trinajstić information content (AvgIpc) is 2.69. The molecule has 1 saturated heterocycles. The molecule has 3 rings (SSSR count). The summed E-state index contributed by atoms with van der Waals surface area (Å²) in [6, 6.07) is 13.6. The predicted molar refractivity (Wildman–Crippen MR) is 126 cm³/mol. The van der Waals surface area contributed by atoms with Crippen LogP contribution in [0, 0.1) is 0 Å². The lowest BCUT2D eigenvalue weighted by atomic mass is 10.1. The van der Waals surface area contributed by atoms with Gasteiger partial charge in [0, 0.05) is 38.8 Å². The largest absolute Gasteiger partial charge is 0.497 e. The van der Waals surface area contributed by atoms with Crippen LogP contribution in [-0.4, -0.2) is 44.3 Å². The Bertz CT molecular complexity index is 740. The summed E-state index contributed by atoms with van der Waals surface area (Å²) in [5.74, 6) is 1.70. The summed E-state index contributed by atoms with van der Waals surface area (Å²) in [7, 11) is 1.70. The van der Waals surface area contributed by atoms with E-state index in [0.717, 1.165) is 57.1 Å². The first kappa shape index (κ1) is 26.2. The van der Waals surface area contributed by atoms with E-state index in [1.807, 2.05) is 18.2 Å². The normalized spacial score (nSPS) is 14.6. The number of hydrogen-bond acceptors (Lipinski definition) is 4. The van der Waals surface area contributed by atoms with Gasteiger partial charge in [-0.3, -0.25) is 0 Å². The summed E-state index contributed by atoms with van der Waals surface area (Å²) >= 11 is 12.0. The minimum Gasteiger partial charge on any atom is -0.497 e. The third-order valence-corrected chi connectivity index (χ3v) is 5.54. The van der Waals surface area contributed by atoms with E-state index >= 15 is 0 Å². The summed E-state index contributed by atoms with van der Waals surface area (Å²) in [5.41, 5.74) is 1.24. The van der Waals surface area contributed by atoms with Crippen LogP contribution in [0.2, 0.25) is 10.0 Å². The molecule has 8 heteroatoms. The molecular formula is C21H28Cl4N2O2. The van der Waals surface area contributed by atoms with E-state index < -0.39 is 0 Å². The van der Waals surface area contributed by atoms with Crippen LogP contribution >= 0.6 is 48.0 Å². The quantitative estimate of drug-likeness (QED) is 0.506. The lowest BCUT2D eigenvalue weighted by Gasteiger charge is -2.32. The number of piperidine rings is 1. The SMILES string of the molecule is COc1cccc(CNCCN2CCC(Oc3ccc(Cl)c(Cl)c3)CC2)c1.Cl.Cl. The molecule has 1 N–H and O–H groups in total. The van der Waals surface area contributed by atoms with Gasteiger partial charge in [-0.2, -0.15) is 0 Å². The number of nitrogens with one attached hydrogen (secondary N) is 1. The van der Waals surface area contributed by atoms with Crippen molar-refractivity contribution >= 4 is 48.0 Å². The fraction of sp³-hybridized carbons (Fsp3) is 0.429. The fourth-order valence-electron chi connectivity index (χ4n) is 3.25. The van der Waals surface area contributed by atoms with Crippen LogP contribution in [0.25, 0.3) is 0 Å². The summed E-state index contributed by atoms with van der Waals surface area (Å²) in [5, 5.41) is 4.60. The van der Waals surface area contributed by atoms with Crippen LogP contribution in [0.4, 0.5) is 0 Å². The van der Waals surface area contributed by atoms with Crippen molar-refractivity contribution in [1.82, 2.24) is 10.2 Å². The van der Waals surface area contributed by atoms with Gasteiger partial charge < -0.3 is 19.7 Å². The Morgan fingerprint density at radius 3 is 2.45 bits per heavy atom. The van der Waals surface area contributed by atoms with Crippen molar-refractivity contribution < 1.29 is 9.47 Å². The second kappa shape index (κ2) is 13.4. The molecule has 0 aromatic heterocycles. The summed E-state index contributed by atoms with van der Waals surface area (Å²) in [4.78, 5) is 2.48. The molecular weight excluding hydrogens is 454 g/mol. The van der Waals surface area contributed by atoms with E-state index in [2.05, 4.69) is 22.3 Å². The van der Waals surface area contributed by atoms with Crippen molar-refractivity contribution in [3.8, 4) is 11.5 Å². The number of rotatable bonds is 8. The molecule has 1 aliphatic heterocycles. The van der Waals surface area contributed by atoms with E-state index in [0.29, 0.717) is 10.0 Å². The molecule has 0 bridgehead atoms. The number of methoxy groups -OCH3 is 1. The maximum atomic E-state index is 6.05. The van der Waals surface area contributed by atoms with Crippen molar-refractivity contribution in [2.24, 2.45) is 0 Å². The third-order valence-electron chi connectivity index (χ3n) is 4.80. The second-order valence-corrected chi connectivity index (χ2v) is 7.58. The summed E-state index contributed by atoms with van der Waals surface area (Å²) < 4.78 is 11.3. The van der Waals surface area contributed by atoms with Crippen molar-refractivity contribution in [2.75, 3.05) is 33.3 Å². The predicted octanol–water partition coefficient (Wildman–Crippen LogP) is 5.48. The van der Waals surface area contributed by atoms with Gasteiger partial charge in [-0.05, 0) is 42.7 Å². The topological polar surface area (TPSA) is 33.7 Å². The number of ether oxygens (including phenoxy) is 2. The molecule has 1 fully saturated rings. The number of benzene rings is 2. The first-order valence-electron chi connectivity index (χ1n) is 9.32. The highest BCUT2D eigenvalue weighted by Gasteiger charge is 2.20. The lowest BCUT2D eigenvalue weighted by molar-refractivity contribution is 0.101. The highest BCUT2D eigenvalue weighted by atomic mass is 35.5. The van der Waals surface area contributed by atoms with Crippen LogP contribution < -0.4 is 14.8 Å². The first-order chi connectivity index (χ1) is 13.1. The highest BCUT2D eigenvalue weighted by Crippen LogP contribution is 2.28. The molecule has 0 radical (unpaired) electrons. The molecule has 0 amide bonds. The van der Waals surface area contributed by atoms with Gasteiger partial charge in [0.25, 0.3) is 0 Å². The zero-order valence-electron chi connectivity index (χ0n) is 16.4.